The van der Waals surface area contributed by atoms with Crippen molar-refractivity contribution >= 4 is 17.5 Å². The fourth-order valence-electron chi connectivity index (χ4n) is 1.25. The van der Waals surface area contributed by atoms with E-state index in [2.05, 4.69) is 26.1 Å². The number of halogens is 1. The summed E-state index contributed by atoms with van der Waals surface area (Å²) in [5, 5.41) is 14.0. The molecule has 0 saturated carbocycles. The SMILES string of the molecule is CC(C)(C)CCNC(=O)c1ccc(Cl)[n+]([O-])c1. The second-order valence-corrected chi connectivity index (χ2v) is 5.52. The highest BCUT2D eigenvalue weighted by Gasteiger charge is 2.13. The van der Waals surface area contributed by atoms with Crippen LogP contribution in [-0.4, -0.2) is 12.5 Å². The smallest absolute Gasteiger partial charge is 0.286 e. The molecule has 0 unspecified atom stereocenters. The first-order valence-corrected chi connectivity index (χ1v) is 5.84. The van der Waals surface area contributed by atoms with Gasteiger partial charge in [0.05, 0.1) is 0 Å². The molecule has 5 heteroatoms. The maximum absolute atomic E-state index is 11.7. The van der Waals surface area contributed by atoms with Crippen LogP contribution in [0.5, 0.6) is 0 Å². The Morgan fingerprint density at radius 1 is 1.47 bits per heavy atom. The second kappa shape index (κ2) is 5.36. The number of hydrogen-bond donors (Lipinski definition) is 1. The van der Waals surface area contributed by atoms with Gasteiger partial charge in [0, 0.05) is 12.6 Å². The molecule has 1 rings (SSSR count). The molecule has 0 spiro atoms. The van der Waals surface area contributed by atoms with Crippen molar-refractivity contribution in [1.82, 2.24) is 5.32 Å². The van der Waals surface area contributed by atoms with Gasteiger partial charge in [0.2, 0.25) is 0 Å². The number of carbonyl (C=O) groups excluding carboxylic acids is 1. The van der Waals surface area contributed by atoms with Gasteiger partial charge in [-0.1, -0.05) is 20.8 Å². The normalized spacial score (nSPS) is 11.3. The average molecular weight is 257 g/mol. The standard InChI is InChI=1S/C12H17ClN2O2/c1-12(2,3)6-7-14-11(16)9-4-5-10(13)15(17)8-9/h4-5,8H,6-7H2,1-3H3,(H,14,16). The Hall–Kier alpha value is -1.29. The molecule has 0 aliphatic heterocycles. The van der Waals surface area contributed by atoms with E-state index in [1.165, 1.54) is 18.3 Å². The van der Waals surface area contributed by atoms with Gasteiger partial charge in [-0.3, -0.25) is 4.79 Å². The average Bonchev–Trinajstić information content (AvgIpc) is 2.20. The monoisotopic (exact) mass is 256 g/mol. The zero-order valence-electron chi connectivity index (χ0n) is 10.3. The first-order chi connectivity index (χ1) is 7.79. The molecule has 0 aromatic carbocycles. The minimum Gasteiger partial charge on any atom is -0.618 e. The first kappa shape index (κ1) is 13.8. The van der Waals surface area contributed by atoms with E-state index in [0.29, 0.717) is 16.8 Å². The molecular formula is C12H17ClN2O2. The topological polar surface area (TPSA) is 56.0 Å². The molecule has 1 aromatic rings. The molecule has 94 valence electrons. The summed E-state index contributed by atoms with van der Waals surface area (Å²) >= 11 is 5.57. The lowest BCUT2D eigenvalue weighted by atomic mass is 9.92. The van der Waals surface area contributed by atoms with Crippen molar-refractivity contribution in [1.29, 1.82) is 0 Å². The summed E-state index contributed by atoms with van der Waals surface area (Å²) in [4.78, 5) is 11.7. The number of nitrogens with zero attached hydrogens (tertiary/aromatic N) is 1. The van der Waals surface area contributed by atoms with Crippen molar-refractivity contribution in [3.8, 4) is 0 Å². The Kier molecular flexibility index (Phi) is 4.34. The number of aromatic nitrogens is 1. The molecule has 0 aliphatic rings. The van der Waals surface area contributed by atoms with E-state index in [-0.39, 0.29) is 16.5 Å². The van der Waals surface area contributed by atoms with Gasteiger partial charge in [0.15, 0.2) is 6.20 Å². The molecule has 4 nitrogen and oxygen atoms in total. The van der Waals surface area contributed by atoms with E-state index in [9.17, 15) is 10.0 Å². The van der Waals surface area contributed by atoms with Crippen LogP contribution in [0.1, 0.15) is 37.6 Å². The van der Waals surface area contributed by atoms with E-state index < -0.39 is 0 Å². The maximum atomic E-state index is 11.7. The van der Waals surface area contributed by atoms with E-state index >= 15 is 0 Å². The molecule has 0 bridgehead atoms. The summed E-state index contributed by atoms with van der Waals surface area (Å²) in [6, 6.07) is 2.94. The summed E-state index contributed by atoms with van der Waals surface area (Å²) in [6.07, 6.45) is 2.05. The van der Waals surface area contributed by atoms with E-state index in [1.807, 2.05) is 0 Å². The van der Waals surface area contributed by atoms with Gasteiger partial charge in [-0.2, -0.15) is 4.73 Å². The minimum atomic E-state index is -0.254. The molecule has 17 heavy (non-hydrogen) atoms. The van der Waals surface area contributed by atoms with Crippen LogP contribution in [0.25, 0.3) is 0 Å². The molecule has 1 heterocycles. The first-order valence-electron chi connectivity index (χ1n) is 5.46. The Morgan fingerprint density at radius 3 is 2.65 bits per heavy atom. The van der Waals surface area contributed by atoms with Gasteiger partial charge in [0.25, 0.3) is 11.1 Å². The molecule has 1 N–H and O–H groups in total. The number of pyridine rings is 1. The fourth-order valence-corrected chi connectivity index (χ4v) is 1.36. The van der Waals surface area contributed by atoms with E-state index in [1.54, 1.807) is 0 Å². The lowest BCUT2D eigenvalue weighted by molar-refractivity contribution is -0.603. The molecule has 0 atom stereocenters. The zero-order chi connectivity index (χ0) is 13.1. The predicted octanol–water partition coefficient (Wildman–Crippen LogP) is 2.14. The van der Waals surface area contributed by atoms with Crippen LogP contribution in [0.2, 0.25) is 5.15 Å². The maximum Gasteiger partial charge on any atom is 0.286 e. The number of carbonyl (C=O) groups is 1. The van der Waals surface area contributed by atoms with Gasteiger partial charge in [-0.05, 0) is 29.5 Å². The summed E-state index contributed by atoms with van der Waals surface area (Å²) in [6.45, 7) is 6.90. The summed E-state index contributed by atoms with van der Waals surface area (Å²) in [7, 11) is 0. The third kappa shape index (κ3) is 4.61. The van der Waals surface area contributed by atoms with Gasteiger partial charge < -0.3 is 10.5 Å². The van der Waals surface area contributed by atoms with E-state index in [4.69, 9.17) is 11.6 Å². The third-order valence-electron chi connectivity index (χ3n) is 2.29. The highest BCUT2D eigenvalue weighted by atomic mass is 35.5. The Bertz CT molecular complexity index is 413. The highest BCUT2D eigenvalue weighted by Crippen LogP contribution is 2.17. The zero-order valence-corrected chi connectivity index (χ0v) is 11.0. The third-order valence-corrected chi connectivity index (χ3v) is 2.58. The Balaban J connectivity index is 2.56. The second-order valence-electron chi connectivity index (χ2n) is 5.13. The fraction of sp³-hybridized carbons (Fsp3) is 0.500. The molecule has 0 aliphatic carbocycles. The quantitative estimate of drug-likeness (QED) is 0.512. The molecule has 1 aromatic heterocycles. The summed E-state index contributed by atoms with van der Waals surface area (Å²) in [5.41, 5.74) is 0.490. The van der Waals surface area contributed by atoms with Crippen LogP contribution in [0.3, 0.4) is 0 Å². The van der Waals surface area contributed by atoms with Crippen LogP contribution in [0.15, 0.2) is 18.3 Å². The van der Waals surface area contributed by atoms with Crippen LogP contribution in [0, 0.1) is 10.6 Å². The lowest BCUT2D eigenvalue weighted by Gasteiger charge is -2.17. The van der Waals surface area contributed by atoms with Crippen LogP contribution in [0.4, 0.5) is 0 Å². The molecule has 0 saturated heterocycles. The number of amides is 1. The Labute approximate surface area is 106 Å². The lowest BCUT2D eigenvalue weighted by Crippen LogP contribution is -2.32. The van der Waals surface area contributed by atoms with Gasteiger partial charge in [-0.25, -0.2) is 0 Å². The molecule has 0 radical (unpaired) electrons. The van der Waals surface area contributed by atoms with Crippen LogP contribution in [-0.2, 0) is 0 Å². The molecular weight excluding hydrogens is 240 g/mol. The van der Waals surface area contributed by atoms with Crippen molar-refractivity contribution in [2.75, 3.05) is 6.54 Å². The summed E-state index contributed by atoms with van der Waals surface area (Å²) < 4.78 is 0.472. The minimum absolute atomic E-state index is 0.0521. The Morgan fingerprint density at radius 2 is 2.12 bits per heavy atom. The van der Waals surface area contributed by atoms with Gasteiger partial charge in [0.1, 0.15) is 5.56 Å². The number of hydrogen-bond acceptors (Lipinski definition) is 2. The van der Waals surface area contributed by atoms with Crippen molar-refractivity contribution in [2.45, 2.75) is 27.2 Å². The van der Waals surface area contributed by atoms with E-state index in [0.717, 1.165) is 6.42 Å². The van der Waals surface area contributed by atoms with Gasteiger partial charge >= 0.3 is 0 Å². The predicted molar refractivity (Wildman–Crippen MR) is 66.8 cm³/mol. The molecule has 0 fully saturated rings. The van der Waals surface area contributed by atoms with Crippen molar-refractivity contribution in [3.05, 3.63) is 34.3 Å². The number of rotatable bonds is 3. The highest BCUT2D eigenvalue weighted by molar-refractivity contribution is 6.28. The van der Waals surface area contributed by atoms with Crippen LogP contribution >= 0.6 is 11.6 Å². The van der Waals surface area contributed by atoms with Gasteiger partial charge in [-0.15, -0.1) is 0 Å². The summed E-state index contributed by atoms with van der Waals surface area (Å²) in [5.74, 6) is -0.254. The van der Waals surface area contributed by atoms with Crippen molar-refractivity contribution < 1.29 is 9.52 Å². The number of nitrogens with one attached hydrogen (secondary N) is 1. The van der Waals surface area contributed by atoms with Crippen LogP contribution < -0.4 is 10.0 Å². The molecule has 1 amide bonds. The largest absolute Gasteiger partial charge is 0.618 e. The van der Waals surface area contributed by atoms with Crippen molar-refractivity contribution in [3.63, 3.8) is 0 Å². The van der Waals surface area contributed by atoms with Crippen molar-refractivity contribution in [2.24, 2.45) is 5.41 Å².